The monoisotopic (exact) mass is 426 g/mol. The van der Waals surface area contributed by atoms with Gasteiger partial charge in [0, 0.05) is 32.6 Å². The molecule has 5 aromatic rings. The van der Waals surface area contributed by atoms with Crippen molar-refractivity contribution in [1.29, 1.82) is 0 Å². The standard InChI is InChI=1S/C24H15BrN2O/c25-18-7-5-6-16(14-18)24(28)17-11-12-20-19-8-1-2-9-21(19)27(22(20)15-17)23-10-3-4-13-26-23/h1-15H. The first-order valence-corrected chi connectivity index (χ1v) is 9.76. The minimum atomic E-state index is 0.000951. The van der Waals surface area contributed by atoms with Crippen molar-refractivity contribution >= 4 is 43.5 Å². The van der Waals surface area contributed by atoms with Crippen molar-refractivity contribution in [3.63, 3.8) is 0 Å². The van der Waals surface area contributed by atoms with E-state index in [4.69, 9.17) is 0 Å². The van der Waals surface area contributed by atoms with Crippen LogP contribution >= 0.6 is 15.9 Å². The number of aromatic nitrogens is 2. The Kier molecular flexibility index (Phi) is 4.06. The smallest absolute Gasteiger partial charge is 0.193 e. The van der Waals surface area contributed by atoms with Crippen molar-refractivity contribution in [2.24, 2.45) is 0 Å². The van der Waals surface area contributed by atoms with Crippen molar-refractivity contribution < 1.29 is 4.79 Å². The fourth-order valence-electron chi connectivity index (χ4n) is 3.64. The molecule has 0 N–H and O–H groups in total. The number of hydrogen-bond acceptors (Lipinski definition) is 2. The number of para-hydroxylation sites is 1. The third-order valence-corrected chi connectivity index (χ3v) is 5.39. The van der Waals surface area contributed by atoms with Crippen molar-refractivity contribution in [2.45, 2.75) is 0 Å². The Bertz CT molecular complexity index is 1340. The third-order valence-electron chi connectivity index (χ3n) is 4.90. The van der Waals surface area contributed by atoms with Crippen LogP contribution in [-0.2, 0) is 0 Å². The molecule has 0 amide bonds. The molecule has 0 radical (unpaired) electrons. The molecule has 0 fully saturated rings. The number of benzene rings is 3. The molecule has 0 aliphatic rings. The van der Waals surface area contributed by atoms with E-state index in [9.17, 15) is 4.79 Å². The van der Waals surface area contributed by atoms with E-state index in [0.29, 0.717) is 11.1 Å². The number of carbonyl (C=O) groups is 1. The van der Waals surface area contributed by atoms with Gasteiger partial charge in [0.05, 0.1) is 11.0 Å². The van der Waals surface area contributed by atoms with Crippen LogP contribution in [0.2, 0.25) is 0 Å². The highest BCUT2D eigenvalue weighted by molar-refractivity contribution is 9.10. The lowest BCUT2D eigenvalue weighted by atomic mass is 10.0. The number of rotatable bonds is 3. The fraction of sp³-hybridized carbons (Fsp3) is 0. The first-order valence-electron chi connectivity index (χ1n) is 8.97. The van der Waals surface area contributed by atoms with Crippen LogP contribution < -0.4 is 0 Å². The molecule has 0 saturated carbocycles. The second-order valence-electron chi connectivity index (χ2n) is 6.61. The van der Waals surface area contributed by atoms with E-state index in [0.717, 1.165) is 32.1 Å². The van der Waals surface area contributed by atoms with Gasteiger partial charge in [-0.15, -0.1) is 0 Å². The van der Waals surface area contributed by atoms with Crippen molar-refractivity contribution in [3.05, 3.63) is 107 Å². The molecule has 0 spiro atoms. The zero-order valence-electron chi connectivity index (χ0n) is 14.8. The Balaban J connectivity index is 1.78. The van der Waals surface area contributed by atoms with Crippen LogP contribution in [0, 0.1) is 0 Å². The molecule has 0 atom stereocenters. The first-order chi connectivity index (χ1) is 13.7. The van der Waals surface area contributed by atoms with Crippen LogP contribution in [0.5, 0.6) is 0 Å². The van der Waals surface area contributed by atoms with Crippen molar-refractivity contribution in [3.8, 4) is 5.82 Å². The van der Waals surface area contributed by atoms with E-state index in [2.05, 4.69) is 37.6 Å². The molecule has 0 aliphatic heterocycles. The van der Waals surface area contributed by atoms with Crippen molar-refractivity contribution in [2.75, 3.05) is 0 Å². The molecule has 2 heterocycles. The quantitative estimate of drug-likeness (QED) is 0.323. The number of hydrogen-bond donors (Lipinski definition) is 0. The van der Waals surface area contributed by atoms with Crippen LogP contribution in [0.1, 0.15) is 15.9 Å². The second kappa shape index (κ2) is 6.73. The van der Waals surface area contributed by atoms with Crippen LogP contribution in [0.25, 0.3) is 27.6 Å². The molecule has 2 aromatic heterocycles. The predicted molar refractivity (Wildman–Crippen MR) is 116 cm³/mol. The first kappa shape index (κ1) is 16.9. The summed E-state index contributed by atoms with van der Waals surface area (Å²) < 4.78 is 3.00. The highest BCUT2D eigenvalue weighted by atomic mass is 79.9. The molecular weight excluding hydrogens is 412 g/mol. The highest BCUT2D eigenvalue weighted by Crippen LogP contribution is 2.32. The summed E-state index contributed by atoms with van der Waals surface area (Å²) in [5.74, 6) is 0.835. The Morgan fingerprint density at radius 3 is 2.36 bits per heavy atom. The number of carbonyl (C=O) groups excluding carboxylic acids is 1. The predicted octanol–water partition coefficient (Wildman–Crippen LogP) is 6.17. The summed E-state index contributed by atoms with van der Waals surface area (Å²) in [4.78, 5) is 17.6. The van der Waals surface area contributed by atoms with Crippen LogP contribution in [0.3, 0.4) is 0 Å². The molecule has 0 aliphatic carbocycles. The molecule has 4 heteroatoms. The van der Waals surface area contributed by atoms with Gasteiger partial charge in [-0.3, -0.25) is 9.36 Å². The van der Waals surface area contributed by atoms with Gasteiger partial charge in [0.15, 0.2) is 5.78 Å². The normalized spacial score (nSPS) is 11.2. The van der Waals surface area contributed by atoms with Gasteiger partial charge in [-0.2, -0.15) is 0 Å². The Morgan fingerprint density at radius 1 is 0.750 bits per heavy atom. The summed E-state index contributed by atoms with van der Waals surface area (Å²) in [6, 6.07) is 27.5. The maximum absolute atomic E-state index is 13.1. The second-order valence-corrected chi connectivity index (χ2v) is 7.53. The maximum Gasteiger partial charge on any atom is 0.193 e. The lowest BCUT2D eigenvalue weighted by molar-refractivity contribution is 0.103. The van der Waals surface area contributed by atoms with E-state index in [-0.39, 0.29) is 5.78 Å². The number of ketones is 1. The van der Waals surface area contributed by atoms with E-state index in [1.54, 1.807) is 6.20 Å². The Hall–Kier alpha value is -3.24. The summed E-state index contributed by atoms with van der Waals surface area (Å²) in [6.45, 7) is 0. The molecular formula is C24H15BrN2O. The zero-order valence-corrected chi connectivity index (χ0v) is 16.4. The van der Waals surface area contributed by atoms with E-state index < -0.39 is 0 Å². The van der Waals surface area contributed by atoms with Gasteiger partial charge in [-0.05, 0) is 36.4 Å². The van der Waals surface area contributed by atoms with E-state index >= 15 is 0 Å². The molecule has 0 bridgehead atoms. The molecule has 5 rings (SSSR count). The van der Waals surface area contributed by atoms with Crippen molar-refractivity contribution in [1.82, 2.24) is 9.55 Å². The Morgan fingerprint density at radius 2 is 1.54 bits per heavy atom. The minimum Gasteiger partial charge on any atom is -0.294 e. The summed E-state index contributed by atoms with van der Waals surface area (Å²) >= 11 is 3.44. The highest BCUT2D eigenvalue weighted by Gasteiger charge is 2.16. The van der Waals surface area contributed by atoms with Gasteiger partial charge >= 0.3 is 0 Å². The largest absolute Gasteiger partial charge is 0.294 e. The molecule has 28 heavy (non-hydrogen) atoms. The fourth-order valence-corrected chi connectivity index (χ4v) is 4.04. The Labute approximate surface area is 170 Å². The van der Waals surface area contributed by atoms with Gasteiger partial charge in [0.1, 0.15) is 5.82 Å². The zero-order chi connectivity index (χ0) is 19.1. The van der Waals surface area contributed by atoms with E-state index in [1.807, 2.05) is 72.8 Å². The summed E-state index contributed by atoms with van der Waals surface area (Å²) in [6.07, 6.45) is 1.78. The third kappa shape index (κ3) is 2.74. The average Bonchev–Trinajstić information content (AvgIpc) is 3.07. The summed E-state index contributed by atoms with van der Waals surface area (Å²) in [5, 5.41) is 2.25. The topological polar surface area (TPSA) is 34.9 Å². The van der Waals surface area contributed by atoms with Gasteiger partial charge in [-0.25, -0.2) is 4.98 Å². The molecule has 3 aromatic carbocycles. The van der Waals surface area contributed by atoms with Crippen LogP contribution in [-0.4, -0.2) is 15.3 Å². The lowest BCUT2D eigenvalue weighted by Crippen LogP contribution is -2.02. The molecule has 134 valence electrons. The number of fused-ring (bicyclic) bond motifs is 3. The number of nitrogens with zero attached hydrogens (tertiary/aromatic N) is 2. The average molecular weight is 427 g/mol. The van der Waals surface area contributed by atoms with E-state index in [1.165, 1.54) is 0 Å². The minimum absolute atomic E-state index is 0.000951. The number of halogens is 1. The molecule has 3 nitrogen and oxygen atoms in total. The SMILES string of the molecule is O=C(c1cccc(Br)c1)c1ccc2c3ccccc3n(-c3ccccn3)c2c1. The number of pyridine rings is 1. The lowest BCUT2D eigenvalue weighted by Gasteiger charge is -2.07. The van der Waals surface area contributed by atoms with Gasteiger partial charge in [-0.1, -0.05) is 64.5 Å². The summed E-state index contributed by atoms with van der Waals surface area (Å²) in [5.41, 5.74) is 3.36. The maximum atomic E-state index is 13.1. The molecule has 0 saturated heterocycles. The van der Waals surface area contributed by atoms with Crippen LogP contribution in [0.15, 0.2) is 95.6 Å². The molecule has 0 unspecified atom stereocenters. The van der Waals surface area contributed by atoms with Gasteiger partial charge in [0.2, 0.25) is 0 Å². The van der Waals surface area contributed by atoms with Gasteiger partial charge in [0.25, 0.3) is 0 Å². The van der Waals surface area contributed by atoms with Crippen LogP contribution in [0.4, 0.5) is 0 Å². The summed E-state index contributed by atoms with van der Waals surface area (Å²) in [7, 11) is 0. The van der Waals surface area contributed by atoms with Gasteiger partial charge < -0.3 is 0 Å².